The van der Waals surface area contributed by atoms with Crippen molar-refractivity contribution < 1.29 is 29.0 Å². The van der Waals surface area contributed by atoms with Gasteiger partial charge in [0.15, 0.2) is 0 Å². The van der Waals surface area contributed by atoms with Crippen LogP contribution in [0.1, 0.15) is 5.56 Å². The summed E-state index contributed by atoms with van der Waals surface area (Å²) in [7, 11) is 0. The van der Waals surface area contributed by atoms with Crippen molar-refractivity contribution >= 4 is 23.8 Å². The zero-order valence-corrected chi connectivity index (χ0v) is 19.3. The van der Waals surface area contributed by atoms with Gasteiger partial charge in [0.25, 0.3) is 0 Å². The number of carboxylic acid groups (broad SMARTS) is 1. The molecule has 0 saturated carbocycles. The van der Waals surface area contributed by atoms with Crippen LogP contribution < -0.4 is 15.4 Å². The van der Waals surface area contributed by atoms with E-state index >= 15 is 0 Å². The standard InChI is InChI=1S/C25H25N5O6/c31-22(21(30-12-14-35-15-13-30)16-17-4-2-1-3-5-17)27-19-8-6-18(7-9-19)20-10-11-26-23(28-20)36-25(34)29-24(32)33/h1-11,21H,12-16H2,(H,27,31)(H,29,34)(H,32,33)/t21-/m1/s1. The van der Waals surface area contributed by atoms with Crippen molar-refractivity contribution in [3.05, 3.63) is 72.4 Å². The Morgan fingerprint density at radius 2 is 1.75 bits per heavy atom. The van der Waals surface area contributed by atoms with E-state index in [1.165, 1.54) is 6.20 Å². The van der Waals surface area contributed by atoms with Gasteiger partial charge in [0.05, 0.1) is 24.9 Å². The minimum atomic E-state index is -1.55. The Hall–Kier alpha value is -4.35. The van der Waals surface area contributed by atoms with Gasteiger partial charge >= 0.3 is 18.2 Å². The van der Waals surface area contributed by atoms with E-state index in [0.29, 0.717) is 49.7 Å². The Kier molecular flexibility index (Phi) is 8.16. The molecule has 1 aliphatic rings. The first kappa shape index (κ1) is 24.8. The molecule has 0 radical (unpaired) electrons. The Balaban J connectivity index is 1.44. The maximum Gasteiger partial charge on any atom is 0.424 e. The quantitative estimate of drug-likeness (QED) is 0.454. The fourth-order valence-corrected chi connectivity index (χ4v) is 3.81. The summed E-state index contributed by atoms with van der Waals surface area (Å²) in [4.78, 5) is 45.3. The molecule has 2 aromatic carbocycles. The molecule has 1 aromatic heterocycles. The van der Waals surface area contributed by atoms with Crippen LogP contribution in [-0.4, -0.2) is 70.4 Å². The van der Waals surface area contributed by atoms with Crippen molar-refractivity contribution in [3.63, 3.8) is 0 Å². The van der Waals surface area contributed by atoms with Gasteiger partial charge in [0.2, 0.25) is 5.91 Å². The maximum atomic E-state index is 13.3. The van der Waals surface area contributed by atoms with Crippen molar-refractivity contribution in [1.82, 2.24) is 20.2 Å². The zero-order valence-electron chi connectivity index (χ0n) is 19.3. The summed E-state index contributed by atoms with van der Waals surface area (Å²) >= 11 is 0. The lowest BCUT2D eigenvalue weighted by Crippen LogP contribution is -2.50. The number of ether oxygens (including phenoxy) is 2. The van der Waals surface area contributed by atoms with E-state index in [4.69, 9.17) is 14.6 Å². The third-order valence-electron chi connectivity index (χ3n) is 5.54. The molecule has 11 nitrogen and oxygen atoms in total. The van der Waals surface area contributed by atoms with Gasteiger partial charge in [-0.3, -0.25) is 9.69 Å². The van der Waals surface area contributed by atoms with E-state index in [0.717, 1.165) is 5.56 Å². The average molecular weight is 492 g/mol. The number of imide groups is 1. The number of carbonyl (C=O) groups is 3. The number of rotatable bonds is 7. The van der Waals surface area contributed by atoms with E-state index in [9.17, 15) is 14.4 Å². The molecule has 3 N–H and O–H groups in total. The van der Waals surface area contributed by atoms with Crippen molar-refractivity contribution in [1.29, 1.82) is 0 Å². The first-order chi connectivity index (χ1) is 17.5. The second-order valence-electron chi connectivity index (χ2n) is 7.96. The summed E-state index contributed by atoms with van der Waals surface area (Å²) in [6.45, 7) is 2.56. The van der Waals surface area contributed by atoms with Crippen molar-refractivity contribution in [2.45, 2.75) is 12.5 Å². The molecule has 186 valence electrons. The lowest BCUT2D eigenvalue weighted by molar-refractivity contribution is -0.123. The van der Waals surface area contributed by atoms with Crippen molar-refractivity contribution in [3.8, 4) is 17.3 Å². The summed E-state index contributed by atoms with van der Waals surface area (Å²) in [6, 6.07) is 17.9. The molecule has 1 fully saturated rings. The lowest BCUT2D eigenvalue weighted by Gasteiger charge is -2.33. The molecule has 1 aliphatic heterocycles. The van der Waals surface area contributed by atoms with Crippen LogP contribution in [0.2, 0.25) is 0 Å². The van der Waals surface area contributed by atoms with Crippen LogP contribution >= 0.6 is 0 Å². The number of morpholine rings is 1. The van der Waals surface area contributed by atoms with Gasteiger partial charge in [-0.15, -0.1) is 0 Å². The number of hydrogen-bond acceptors (Lipinski definition) is 8. The number of nitrogens with one attached hydrogen (secondary N) is 2. The van der Waals surface area contributed by atoms with E-state index in [2.05, 4.69) is 20.2 Å². The first-order valence-corrected chi connectivity index (χ1v) is 11.3. The van der Waals surface area contributed by atoms with Crippen molar-refractivity contribution in [2.75, 3.05) is 31.6 Å². The minimum absolute atomic E-state index is 0.101. The topological polar surface area (TPSA) is 143 Å². The smallest absolute Gasteiger partial charge is 0.424 e. The second-order valence-corrected chi connectivity index (χ2v) is 7.96. The molecule has 0 unspecified atom stereocenters. The fourth-order valence-electron chi connectivity index (χ4n) is 3.81. The molecular weight excluding hydrogens is 466 g/mol. The summed E-state index contributed by atoms with van der Waals surface area (Å²) in [5, 5.41) is 13.1. The van der Waals surface area contributed by atoms with Crippen LogP contribution in [0.3, 0.4) is 0 Å². The number of carbonyl (C=O) groups excluding carboxylic acids is 2. The van der Waals surface area contributed by atoms with Gasteiger partial charge in [-0.25, -0.2) is 19.9 Å². The molecule has 0 spiro atoms. The predicted octanol–water partition coefficient (Wildman–Crippen LogP) is 2.79. The van der Waals surface area contributed by atoms with Crippen LogP contribution in [0.25, 0.3) is 11.3 Å². The van der Waals surface area contributed by atoms with E-state index in [1.54, 1.807) is 35.6 Å². The zero-order chi connectivity index (χ0) is 25.3. The minimum Gasteiger partial charge on any atom is -0.465 e. The molecule has 2 heterocycles. The van der Waals surface area contributed by atoms with Crippen molar-refractivity contribution in [2.24, 2.45) is 0 Å². The highest BCUT2D eigenvalue weighted by Crippen LogP contribution is 2.22. The SMILES string of the molecule is O=C(O)NC(=O)Oc1nccc(-c2ccc(NC(=O)[C@@H](Cc3ccccc3)N3CCOCC3)cc2)n1. The van der Waals surface area contributed by atoms with Crippen LogP contribution in [0.4, 0.5) is 15.3 Å². The molecule has 3 aromatic rings. The van der Waals surface area contributed by atoms with Crippen LogP contribution in [-0.2, 0) is 16.0 Å². The molecule has 4 rings (SSSR count). The molecule has 1 atom stereocenters. The van der Waals surface area contributed by atoms with E-state index in [1.807, 2.05) is 30.3 Å². The molecule has 11 heteroatoms. The molecule has 36 heavy (non-hydrogen) atoms. The average Bonchev–Trinajstić information content (AvgIpc) is 2.88. The lowest BCUT2D eigenvalue weighted by atomic mass is 10.0. The largest absolute Gasteiger partial charge is 0.465 e. The highest BCUT2D eigenvalue weighted by atomic mass is 16.6. The van der Waals surface area contributed by atoms with E-state index in [-0.39, 0.29) is 18.0 Å². The Labute approximate surface area is 207 Å². The summed E-state index contributed by atoms with van der Waals surface area (Å²) in [6.07, 6.45) is -0.779. The number of hydrogen-bond donors (Lipinski definition) is 3. The predicted molar refractivity (Wildman–Crippen MR) is 130 cm³/mol. The van der Waals surface area contributed by atoms with Crippen LogP contribution in [0.15, 0.2) is 66.9 Å². The monoisotopic (exact) mass is 491 g/mol. The summed E-state index contributed by atoms with van der Waals surface area (Å²) < 4.78 is 10.2. The van der Waals surface area contributed by atoms with Gasteiger partial charge in [0, 0.05) is 30.5 Å². The fraction of sp³-hybridized carbons (Fsp3) is 0.240. The Morgan fingerprint density at radius 1 is 1.03 bits per heavy atom. The van der Waals surface area contributed by atoms with Crippen LogP contribution in [0, 0.1) is 0 Å². The maximum absolute atomic E-state index is 13.3. The van der Waals surface area contributed by atoms with Gasteiger partial charge in [-0.2, -0.15) is 4.98 Å². The third-order valence-corrected chi connectivity index (χ3v) is 5.54. The summed E-state index contributed by atoms with van der Waals surface area (Å²) in [5.74, 6) is -0.101. The third kappa shape index (κ3) is 6.84. The molecular formula is C25H25N5O6. The van der Waals surface area contributed by atoms with Gasteiger partial charge in [-0.05, 0) is 30.2 Å². The first-order valence-electron chi connectivity index (χ1n) is 11.3. The highest BCUT2D eigenvalue weighted by Gasteiger charge is 2.27. The number of aromatic nitrogens is 2. The summed E-state index contributed by atoms with van der Waals surface area (Å²) in [5.41, 5.74) is 2.85. The molecule has 0 aliphatic carbocycles. The molecule has 3 amide bonds. The Morgan fingerprint density at radius 3 is 2.44 bits per heavy atom. The van der Waals surface area contributed by atoms with E-state index < -0.39 is 12.2 Å². The normalized spacial score (nSPS) is 14.4. The molecule has 1 saturated heterocycles. The Bertz CT molecular complexity index is 1200. The van der Waals surface area contributed by atoms with Gasteiger partial charge in [0.1, 0.15) is 0 Å². The highest BCUT2D eigenvalue weighted by molar-refractivity contribution is 5.95. The van der Waals surface area contributed by atoms with Gasteiger partial charge in [-0.1, -0.05) is 42.5 Å². The number of amides is 3. The van der Waals surface area contributed by atoms with Crippen LogP contribution in [0.5, 0.6) is 6.01 Å². The number of benzene rings is 2. The second kappa shape index (κ2) is 11.9. The number of anilines is 1. The number of nitrogens with zero attached hydrogens (tertiary/aromatic N) is 3. The van der Waals surface area contributed by atoms with Gasteiger partial charge < -0.3 is 19.9 Å². The molecule has 0 bridgehead atoms.